The van der Waals surface area contributed by atoms with Crippen molar-refractivity contribution in [1.29, 1.82) is 0 Å². The van der Waals surface area contributed by atoms with Gasteiger partial charge in [-0.3, -0.25) is 9.59 Å². The maximum Gasteiger partial charge on any atom is 0.247 e. The number of carbonyl (C=O) groups is 2. The second kappa shape index (κ2) is 10.6. The van der Waals surface area contributed by atoms with Gasteiger partial charge in [-0.25, -0.2) is 0 Å². The van der Waals surface area contributed by atoms with Crippen LogP contribution in [0.2, 0.25) is 5.02 Å². The van der Waals surface area contributed by atoms with Crippen LogP contribution in [0.5, 0.6) is 0 Å². The molecule has 1 aliphatic carbocycles. The zero-order chi connectivity index (χ0) is 23.2. The smallest absolute Gasteiger partial charge is 0.247 e. The summed E-state index contributed by atoms with van der Waals surface area (Å²) in [6, 6.07) is 11.0. The lowest BCUT2D eigenvalue weighted by molar-refractivity contribution is -0.137. The van der Waals surface area contributed by atoms with E-state index in [2.05, 4.69) is 20.7 Å². The molecule has 0 aliphatic heterocycles. The fraction of sp³-hybridized carbons (Fsp3) is 0.435. The van der Waals surface area contributed by atoms with Crippen LogP contribution in [0.15, 0.2) is 40.8 Å². The van der Waals surface area contributed by atoms with Crippen LogP contribution >= 0.6 is 11.6 Å². The molecule has 0 radical (unpaired) electrons. The Bertz CT molecular complexity index is 1110. The molecule has 33 heavy (non-hydrogen) atoms. The number of tetrazole rings is 1. The van der Waals surface area contributed by atoms with Gasteiger partial charge in [-0.05, 0) is 48.7 Å². The molecular weight excluding hydrogens is 444 g/mol. The minimum atomic E-state index is -0.312. The molecule has 1 fully saturated rings. The van der Waals surface area contributed by atoms with Crippen LogP contribution in [0.1, 0.15) is 43.4 Å². The summed E-state index contributed by atoms with van der Waals surface area (Å²) in [4.78, 5) is 28.6. The predicted octanol–water partition coefficient (Wildman–Crippen LogP) is 3.37. The van der Waals surface area contributed by atoms with E-state index >= 15 is 0 Å². The number of nitrogens with one attached hydrogen (secondary N) is 1. The highest BCUT2D eigenvalue weighted by Gasteiger charge is 2.23. The van der Waals surface area contributed by atoms with Crippen LogP contribution in [0, 0.1) is 6.92 Å². The van der Waals surface area contributed by atoms with Gasteiger partial charge >= 0.3 is 0 Å². The lowest BCUT2D eigenvalue weighted by Crippen LogP contribution is -2.45. The van der Waals surface area contributed by atoms with Crippen molar-refractivity contribution in [3.8, 4) is 11.6 Å². The molecule has 3 aromatic rings. The Morgan fingerprint density at radius 1 is 1.18 bits per heavy atom. The number of halogens is 1. The zero-order valence-corrected chi connectivity index (χ0v) is 19.3. The highest BCUT2D eigenvalue weighted by molar-refractivity contribution is 6.31. The van der Waals surface area contributed by atoms with Crippen molar-refractivity contribution in [1.82, 2.24) is 30.4 Å². The molecule has 1 aliphatic rings. The van der Waals surface area contributed by atoms with Crippen LogP contribution in [0.25, 0.3) is 11.6 Å². The quantitative estimate of drug-likeness (QED) is 0.541. The molecular formula is C23H27ClN6O3. The number of carbonyl (C=O) groups excluding carboxylic acids is 2. The second-order valence-electron chi connectivity index (χ2n) is 8.30. The first-order chi connectivity index (χ1) is 16.0. The number of aromatic nitrogens is 4. The van der Waals surface area contributed by atoms with Gasteiger partial charge in [-0.1, -0.05) is 49.1 Å². The monoisotopic (exact) mass is 470 g/mol. The van der Waals surface area contributed by atoms with E-state index in [-0.39, 0.29) is 37.5 Å². The van der Waals surface area contributed by atoms with Gasteiger partial charge in [-0.15, -0.1) is 10.2 Å². The maximum absolute atomic E-state index is 13.2. The Labute approximate surface area is 197 Å². The van der Waals surface area contributed by atoms with E-state index < -0.39 is 0 Å². The summed E-state index contributed by atoms with van der Waals surface area (Å²) in [7, 11) is 0. The molecule has 0 bridgehead atoms. The number of hydrogen-bond donors (Lipinski definition) is 1. The molecule has 10 heteroatoms. The fourth-order valence-corrected chi connectivity index (χ4v) is 4.14. The number of rotatable bonds is 8. The van der Waals surface area contributed by atoms with Crippen molar-refractivity contribution in [2.75, 3.05) is 6.54 Å². The average Bonchev–Trinajstić information content (AvgIpc) is 3.44. The Morgan fingerprint density at radius 2 is 1.97 bits per heavy atom. The minimum Gasteiger partial charge on any atom is -0.458 e. The van der Waals surface area contributed by atoms with Gasteiger partial charge in [0.15, 0.2) is 5.76 Å². The zero-order valence-electron chi connectivity index (χ0n) is 18.5. The van der Waals surface area contributed by atoms with Gasteiger partial charge in [0.1, 0.15) is 12.3 Å². The average molecular weight is 471 g/mol. The number of benzene rings is 1. The summed E-state index contributed by atoms with van der Waals surface area (Å²) in [5, 5.41) is 15.8. The first-order valence-corrected chi connectivity index (χ1v) is 11.5. The molecule has 174 valence electrons. The first kappa shape index (κ1) is 23.0. The lowest BCUT2D eigenvalue weighted by atomic mass is 9.95. The van der Waals surface area contributed by atoms with Gasteiger partial charge < -0.3 is 14.6 Å². The molecule has 2 aromatic heterocycles. The molecule has 2 amide bonds. The van der Waals surface area contributed by atoms with E-state index in [1.807, 2.05) is 25.1 Å². The van der Waals surface area contributed by atoms with Crippen LogP contribution < -0.4 is 5.32 Å². The van der Waals surface area contributed by atoms with E-state index in [1.54, 1.807) is 18.2 Å². The Kier molecular flexibility index (Phi) is 7.39. The Balaban J connectivity index is 1.45. The van der Waals surface area contributed by atoms with Crippen molar-refractivity contribution in [2.45, 2.75) is 58.2 Å². The van der Waals surface area contributed by atoms with Crippen molar-refractivity contribution in [3.05, 3.63) is 52.7 Å². The highest BCUT2D eigenvalue weighted by atomic mass is 35.5. The Hall–Kier alpha value is -3.20. The van der Waals surface area contributed by atoms with E-state index in [1.165, 1.54) is 16.1 Å². The first-order valence-electron chi connectivity index (χ1n) is 11.1. The topological polar surface area (TPSA) is 106 Å². The van der Waals surface area contributed by atoms with Gasteiger partial charge in [0.25, 0.3) is 0 Å². The standard InChI is InChI=1S/C23H27ClN6O3/c1-16-11-12-20(33-16)23-26-28-30(27-23)15-22(32)29(13-17-7-5-6-10-19(17)24)14-21(31)25-18-8-3-2-4-9-18/h5-7,10-12,18H,2-4,8-9,13-15H2,1H3,(H,25,31). The van der Waals surface area contributed by atoms with Crippen molar-refractivity contribution >= 4 is 23.4 Å². The maximum atomic E-state index is 13.2. The van der Waals surface area contributed by atoms with Crippen LogP contribution in [-0.4, -0.2) is 49.5 Å². The summed E-state index contributed by atoms with van der Waals surface area (Å²) in [6.07, 6.45) is 5.38. The summed E-state index contributed by atoms with van der Waals surface area (Å²) in [6.45, 7) is 1.80. The molecule has 1 N–H and O–H groups in total. The van der Waals surface area contributed by atoms with Crippen LogP contribution in [0.4, 0.5) is 0 Å². The summed E-state index contributed by atoms with van der Waals surface area (Å²) in [5.41, 5.74) is 0.760. The predicted molar refractivity (Wildman–Crippen MR) is 122 cm³/mol. The van der Waals surface area contributed by atoms with E-state index in [4.69, 9.17) is 16.0 Å². The van der Waals surface area contributed by atoms with Gasteiger partial charge in [-0.2, -0.15) is 4.80 Å². The minimum absolute atomic E-state index is 0.0700. The largest absolute Gasteiger partial charge is 0.458 e. The van der Waals surface area contributed by atoms with E-state index in [0.717, 1.165) is 37.0 Å². The molecule has 4 rings (SSSR count). The number of amides is 2. The summed E-state index contributed by atoms with van der Waals surface area (Å²) >= 11 is 6.31. The normalized spacial score (nSPS) is 14.2. The third-order valence-corrected chi connectivity index (χ3v) is 6.04. The van der Waals surface area contributed by atoms with E-state index in [0.29, 0.717) is 16.6 Å². The highest BCUT2D eigenvalue weighted by Crippen LogP contribution is 2.20. The van der Waals surface area contributed by atoms with Crippen LogP contribution in [-0.2, 0) is 22.7 Å². The third kappa shape index (κ3) is 6.19. The fourth-order valence-electron chi connectivity index (χ4n) is 3.94. The van der Waals surface area contributed by atoms with Crippen molar-refractivity contribution in [2.24, 2.45) is 0 Å². The molecule has 1 aromatic carbocycles. The lowest BCUT2D eigenvalue weighted by Gasteiger charge is -2.26. The number of furan rings is 1. The molecule has 9 nitrogen and oxygen atoms in total. The SMILES string of the molecule is Cc1ccc(-c2nnn(CC(=O)N(CC(=O)NC3CCCCC3)Cc3ccccc3Cl)n2)o1. The van der Waals surface area contributed by atoms with Gasteiger partial charge in [0.05, 0.1) is 6.54 Å². The number of nitrogens with zero attached hydrogens (tertiary/aromatic N) is 5. The molecule has 0 saturated heterocycles. The molecule has 0 atom stereocenters. The van der Waals surface area contributed by atoms with Crippen molar-refractivity contribution < 1.29 is 14.0 Å². The third-order valence-electron chi connectivity index (χ3n) is 5.67. The van der Waals surface area contributed by atoms with E-state index in [9.17, 15) is 9.59 Å². The summed E-state index contributed by atoms with van der Waals surface area (Å²) in [5.74, 6) is 1.01. The van der Waals surface area contributed by atoms with Gasteiger partial charge in [0.2, 0.25) is 17.6 Å². The number of hydrogen-bond acceptors (Lipinski definition) is 6. The second-order valence-corrected chi connectivity index (χ2v) is 8.70. The van der Waals surface area contributed by atoms with Crippen LogP contribution in [0.3, 0.4) is 0 Å². The molecule has 0 unspecified atom stereocenters. The Morgan fingerprint density at radius 3 is 2.70 bits per heavy atom. The molecule has 1 saturated carbocycles. The van der Waals surface area contributed by atoms with Gasteiger partial charge in [0, 0.05) is 17.6 Å². The molecule has 0 spiro atoms. The number of aryl methyl sites for hydroxylation is 1. The van der Waals surface area contributed by atoms with Crippen molar-refractivity contribution in [3.63, 3.8) is 0 Å². The molecule has 2 heterocycles. The summed E-state index contributed by atoms with van der Waals surface area (Å²) < 4.78 is 5.51.